The second-order valence-electron chi connectivity index (χ2n) is 3.84. The van der Waals surface area contributed by atoms with E-state index in [2.05, 4.69) is 35.6 Å². The lowest BCUT2D eigenvalue weighted by Crippen LogP contribution is -2.11. The predicted molar refractivity (Wildman–Crippen MR) is 69.1 cm³/mol. The third-order valence-corrected chi connectivity index (χ3v) is 4.08. The van der Waals surface area contributed by atoms with E-state index >= 15 is 0 Å². The lowest BCUT2D eigenvalue weighted by Gasteiger charge is -2.05. The SMILES string of the molecule is Cl.c1ccc2sc(C3CCCN3)cc2c1. The molecule has 2 heterocycles. The monoisotopic (exact) mass is 239 g/mol. The van der Waals surface area contributed by atoms with Crippen molar-refractivity contribution in [1.82, 2.24) is 5.32 Å². The number of rotatable bonds is 1. The topological polar surface area (TPSA) is 12.0 Å². The molecule has 0 amide bonds. The zero-order valence-electron chi connectivity index (χ0n) is 8.40. The van der Waals surface area contributed by atoms with Gasteiger partial charge in [0.2, 0.25) is 0 Å². The Labute approximate surface area is 99.9 Å². The summed E-state index contributed by atoms with van der Waals surface area (Å²) in [6, 6.07) is 11.6. The number of halogens is 1. The number of nitrogens with one attached hydrogen (secondary N) is 1. The van der Waals surface area contributed by atoms with Gasteiger partial charge in [0.1, 0.15) is 0 Å². The standard InChI is InChI=1S/C12H13NS.ClH/c1-2-6-11-9(4-1)8-12(14-11)10-5-3-7-13-10;/h1-2,4,6,8,10,13H,3,5,7H2;1H. The van der Waals surface area contributed by atoms with E-state index < -0.39 is 0 Å². The van der Waals surface area contributed by atoms with E-state index in [1.807, 2.05) is 11.3 Å². The first-order valence-corrected chi connectivity index (χ1v) is 5.97. The molecule has 0 saturated carbocycles. The molecule has 15 heavy (non-hydrogen) atoms. The van der Waals surface area contributed by atoms with Crippen molar-refractivity contribution in [2.75, 3.05) is 6.54 Å². The van der Waals surface area contributed by atoms with E-state index in [9.17, 15) is 0 Å². The minimum atomic E-state index is 0. The Balaban J connectivity index is 0.000000853. The van der Waals surface area contributed by atoms with Gasteiger partial charge in [0.25, 0.3) is 0 Å². The molecule has 0 spiro atoms. The fourth-order valence-corrected chi connectivity index (χ4v) is 3.28. The Kier molecular flexibility index (Phi) is 3.29. The van der Waals surface area contributed by atoms with E-state index in [0.29, 0.717) is 6.04 Å². The average molecular weight is 240 g/mol. The lowest BCUT2D eigenvalue weighted by molar-refractivity contribution is 0.660. The molecule has 3 rings (SSSR count). The molecule has 0 radical (unpaired) electrons. The predicted octanol–water partition coefficient (Wildman–Crippen LogP) is 3.75. The van der Waals surface area contributed by atoms with Crippen LogP contribution >= 0.6 is 23.7 Å². The first-order valence-electron chi connectivity index (χ1n) is 5.15. The molecule has 1 saturated heterocycles. The maximum atomic E-state index is 3.54. The van der Waals surface area contributed by atoms with Crippen LogP contribution in [-0.4, -0.2) is 6.54 Å². The van der Waals surface area contributed by atoms with E-state index in [0.717, 1.165) is 0 Å². The molecule has 1 atom stereocenters. The van der Waals surface area contributed by atoms with E-state index in [-0.39, 0.29) is 12.4 Å². The summed E-state index contributed by atoms with van der Waals surface area (Å²) < 4.78 is 1.41. The number of hydrogen-bond donors (Lipinski definition) is 1. The van der Waals surface area contributed by atoms with Gasteiger partial charge >= 0.3 is 0 Å². The van der Waals surface area contributed by atoms with Crippen molar-refractivity contribution in [1.29, 1.82) is 0 Å². The molecule has 1 aliphatic heterocycles. The van der Waals surface area contributed by atoms with Crippen LogP contribution in [0.2, 0.25) is 0 Å². The second-order valence-corrected chi connectivity index (χ2v) is 4.95. The molecule has 1 aromatic carbocycles. The van der Waals surface area contributed by atoms with Crippen LogP contribution in [0.3, 0.4) is 0 Å². The molecular formula is C12H14ClNS. The molecule has 2 aromatic rings. The van der Waals surface area contributed by atoms with Gasteiger partial charge in [0.15, 0.2) is 0 Å². The molecule has 1 aromatic heterocycles. The van der Waals surface area contributed by atoms with Crippen molar-refractivity contribution in [3.05, 3.63) is 35.2 Å². The van der Waals surface area contributed by atoms with Crippen LogP contribution in [0.15, 0.2) is 30.3 Å². The van der Waals surface area contributed by atoms with Crippen molar-refractivity contribution in [3.63, 3.8) is 0 Å². The molecule has 3 heteroatoms. The van der Waals surface area contributed by atoms with Gasteiger partial charge in [-0.2, -0.15) is 0 Å². The number of benzene rings is 1. The van der Waals surface area contributed by atoms with Crippen LogP contribution in [0.4, 0.5) is 0 Å². The first-order chi connectivity index (χ1) is 6.93. The Bertz CT molecular complexity index is 413. The molecule has 0 bridgehead atoms. The van der Waals surface area contributed by atoms with Gasteiger partial charge < -0.3 is 5.32 Å². The van der Waals surface area contributed by atoms with Crippen molar-refractivity contribution >= 4 is 33.8 Å². The first kappa shape index (κ1) is 10.9. The van der Waals surface area contributed by atoms with Gasteiger partial charge in [-0.25, -0.2) is 0 Å². The highest BCUT2D eigenvalue weighted by atomic mass is 35.5. The van der Waals surface area contributed by atoms with E-state index in [1.54, 1.807) is 0 Å². The summed E-state index contributed by atoms with van der Waals surface area (Å²) in [7, 11) is 0. The molecule has 80 valence electrons. The summed E-state index contributed by atoms with van der Waals surface area (Å²) in [5.74, 6) is 0. The van der Waals surface area contributed by atoms with Crippen LogP contribution < -0.4 is 5.32 Å². The van der Waals surface area contributed by atoms with Gasteiger partial charge in [0.05, 0.1) is 0 Å². The third kappa shape index (κ3) is 2.03. The molecule has 1 unspecified atom stereocenters. The molecular weight excluding hydrogens is 226 g/mol. The number of hydrogen-bond acceptors (Lipinski definition) is 2. The molecule has 1 N–H and O–H groups in total. The zero-order valence-corrected chi connectivity index (χ0v) is 10.0. The Morgan fingerprint density at radius 2 is 2.13 bits per heavy atom. The van der Waals surface area contributed by atoms with Gasteiger partial charge in [-0.05, 0) is 36.9 Å². The summed E-state index contributed by atoms with van der Waals surface area (Å²) in [5, 5.41) is 4.93. The minimum Gasteiger partial charge on any atom is -0.309 e. The normalized spacial score (nSPS) is 20.4. The minimum absolute atomic E-state index is 0. The zero-order chi connectivity index (χ0) is 9.38. The van der Waals surface area contributed by atoms with Crippen LogP contribution in [0, 0.1) is 0 Å². The highest BCUT2D eigenvalue weighted by molar-refractivity contribution is 7.19. The summed E-state index contributed by atoms with van der Waals surface area (Å²) in [6.45, 7) is 1.18. The van der Waals surface area contributed by atoms with Gasteiger partial charge in [0, 0.05) is 15.6 Å². The highest BCUT2D eigenvalue weighted by Crippen LogP contribution is 2.33. The fraction of sp³-hybridized carbons (Fsp3) is 0.333. The second kappa shape index (κ2) is 4.52. The highest BCUT2D eigenvalue weighted by Gasteiger charge is 2.17. The maximum Gasteiger partial charge on any atom is 0.0415 e. The fourth-order valence-electron chi connectivity index (χ4n) is 2.10. The largest absolute Gasteiger partial charge is 0.309 e. The lowest BCUT2D eigenvalue weighted by atomic mass is 10.2. The average Bonchev–Trinajstić information content (AvgIpc) is 2.86. The molecule has 1 nitrogen and oxygen atoms in total. The maximum absolute atomic E-state index is 3.54. The van der Waals surface area contributed by atoms with Gasteiger partial charge in [-0.15, -0.1) is 23.7 Å². The Morgan fingerprint density at radius 1 is 1.27 bits per heavy atom. The van der Waals surface area contributed by atoms with Crippen molar-refractivity contribution in [2.45, 2.75) is 18.9 Å². The summed E-state index contributed by atoms with van der Waals surface area (Å²) in [5.41, 5.74) is 0. The van der Waals surface area contributed by atoms with Crippen molar-refractivity contribution in [3.8, 4) is 0 Å². The van der Waals surface area contributed by atoms with Crippen molar-refractivity contribution in [2.24, 2.45) is 0 Å². The Morgan fingerprint density at radius 3 is 2.87 bits per heavy atom. The van der Waals surface area contributed by atoms with Crippen LogP contribution in [0.1, 0.15) is 23.8 Å². The quantitative estimate of drug-likeness (QED) is 0.799. The van der Waals surface area contributed by atoms with Gasteiger partial charge in [-0.3, -0.25) is 0 Å². The van der Waals surface area contributed by atoms with Crippen LogP contribution in [0.25, 0.3) is 10.1 Å². The van der Waals surface area contributed by atoms with Gasteiger partial charge in [-0.1, -0.05) is 18.2 Å². The number of thiophene rings is 1. The number of fused-ring (bicyclic) bond motifs is 1. The molecule has 0 aliphatic carbocycles. The Hall–Kier alpha value is -0.570. The smallest absolute Gasteiger partial charge is 0.0415 e. The van der Waals surface area contributed by atoms with Crippen LogP contribution in [0.5, 0.6) is 0 Å². The van der Waals surface area contributed by atoms with E-state index in [1.165, 1.54) is 34.3 Å². The summed E-state index contributed by atoms with van der Waals surface area (Å²) in [6.07, 6.45) is 2.62. The third-order valence-electron chi connectivity index (χ3n) is 2.85. The molecule has 1 fully saturated rings. The van der Waals surface area contributed by atoms with Crippen molar-refractivity contribution < 1.29 is 0 Å². The van der Waals surface area contributed by atoms with E-state index in [4.69, 9.17) is 0 Å². The summed E-state index contributed by atoms with van der Waals surface area (Å²) >= 11 is 1.93. The van der Waals surface area contributed by atoms with Crippen LogP contribution in [-0.2, 0) is 0 Å². The summed E-state index contributed by atoms with van der Waals surface area (Å²) in [4.78, 5) is 1.50. The molecule has 1 aliphatic rings.